The third-order valence-corrected chi connectivity index (χ3v) is 2.08. The van der Waals surface area contributed by atoms with Crippen molar-refractivity contribution in [3.05, 3.63) is 47.3 Å². The van der Waals surface area contributed by atoms with E-state index in [0.717, 1.165) is 0 Å². The van der Waals surface area contributed by atoms with Crippen molar-refractivity contribution < 1.29 is 22.7 Å². The zero-order valence-electron chi connectivity index (χ0n) is 8.48. The van der Waals surface area contributed by atoms with E-state index in [4.69, 9.17) is 0 Å². The Morgan fingerprint density at radius 1 is 1.38 bits per heavy atom. The summed E-state index contributed by atoms with van der Waals surface area (Å²) < 4.78 is 50.2. The summed E-state index contributed by atoms with van der Waals surface area (Å²) in [6, 6.07) is 1.91. The van der Waals surface area contributed by atoms with Crippen LogP contribution in [-0.4, -0.2) is 5.11 Å². The smallest absolute Gasteiger partial charge is 0.384 e. The van der Waals surface area contributed by atoms with Crippen LogP contribution >= 0.6 is 0 Å². The molecule has 1 aromatic rings. The van der Waals surface area contributed by atoms with Crippen LogP contribution in [0, 0.1) is 5.82 Å². The van der Waals surface area contributed by atoms with Gasteiger partial charge in [0.15, 0.2) is 0 Å². The van der Waals surface area contributed by atoms with Crippen LogP contribution in [0.3, 0.4) is 0 Å². The molecule has 0 heterocycles. The Kier molecular flexibility index (Phi) is 3.38. The summed E-state index contributed by atoms with van der Waals surface area (Å²) in [6.07, 6.45) is -5.99. The van der Waals surface area contributed by atoms with Gasteiger partial charge >= 0.3 is 6.18 Å². The minimum Gasteiger partial charge on any atom is -0.384 e. The van der Waals surface area contributed by atoms with Gasteiger partial charge in [-0.3, -0.25) is 0 Å². The highest BCUT2D eigenvalue weighted by Crippen LogP contribution is 2.32. The van der Waals surface area contributed by atoms with Crippen molar-refractivity contribution >= 4 is 0 Å². The van der Waals surface area contributed by atoms with Gasteiger partial charge in [0.25, 0.3) is 0 Å². The summed E-state index contributed by atoms with van der Waals surface area (Å²) in [5.41, 5.74) is -1.23. The van der Waals surface area contributed by atoms with Crippen molar-refractivity contribution in [3.63, 3.8) is 0 Å². The molecular weight excluding hydrogens is 224 g/mol. The summed E-state index contributed by atoms with van der Waals surface area (Å²) in [4.78, 5) is 0. The first-order valence-electron chi connectivity index (χ1n) is 4.43. The molecule has 0 aromatic heterocycles. The average molecular weight is 234 g/mol. The molecular formula is C11H10F4O. The van der Waals surface area contributed by atoms with Crippen molar-refractivity contribution in [2.24, 2.45) is 0 Å². The second-order valence-electron chi connectivity index (χ2n) is 3.48. The Labute approximate surface area is 90.0 Å². The maximum atomic E-state index is 13.2. The molecule has 5 heteroatoms. The van der Waals surface area contributed by atoms with E-state index in [0.29, 0.717) is 18.2 Å². The van der Waals surface area contributed by atoms with Crippen molar-refractivity contribution in [1.29, 1.82) is 0 Å². The van der Waals surface area contributed by atoms with Crippen molar-refractivity contribution in [1.82, 2.24) is 0 Å². The highest BCUT2D eigenvalue weighted by molar-refractivity contribution is 5.31. The van der Waals surface area contributed by atoms with E-state index in [2.05, 4.69) is 6.58 Å². The predicted octanol–water partition coefficient (Wildman–Crippen LogP) is 3.45. The fourth-order valence-corrected chi connectivity index (χ4v) is 1.20. The lowest BCUT2D eigenvalue weighted by Gasteiger charge is -2.14. The molecule has 0 spiro atoms. The Balaban J connectivity index is 3.24. The van der Waals surface area contributed by atoms with Gasteiger partial charge < -0.3 is 5.11 Å². The Morgan fingerprint density at radius 3 is 2.38 bits per heavy atom. The van der Waals surface area contributed by atoms with E-state index < -0.39 is 29.2 Å². The molecule has 0 aliphatic carbocycles. The third-order valence-electron chi connectivity index (χ3n) is 2.08. The molecule has 1 atom stereocenters. The molecule has 1 unspecified atom stereocenters. The van der Waals surface area contributed by atoms with E-state index >= 15 is 0 Å². The SMILES string of the molecule is C=C(C)C(O)c1cc(C(F)(F)F)ccc1F. The maximum Gasteiger partial charge on any atom is 0.416 e. The van der Waals surface area contributed by atoms with E-state index in [1.54, 1.807) is 0 Å². The molecule has 0 aliphatic heterocycles. The van der Waals surface area contributed by atoms with Gasteiger partial charge in [0.2, 0.25) is 0 Å². The van der Waals surface area contributed by atoms with Crippen LogP contribution in [0.2, 0.25) is 0 Å². The maximum absolute atomic E-state index is 13.2. The standard InChI is InChI=1S/C11H10F4O/c1-6(2)10(16)8-5-7(11(13,14)15)3-4-9(8)12/h3-5,10,16H,1H2,2H3. The molecule has 0 saturated carbocycles. The number of halogens is 4. The van der Waals surface area contributed by atoms with Gasteiger partial charge in [-0.1, -0.05) is 6.58 Å². The molecule has 0 aliphatic rings. The molecule has 1 N–H and O–H groups in total. The number of alkyl halides is 3. The van der Waals surface area contributed by atoms with Crippen LogP contribution in [0.1, 0.15) is 24.2 Å². The fourth-order valence-electron chi connectivity index (χ4n) is 1.20. The molecule has 0 fully saturated rings. The van der Waals surface area contributed by atoms with Crippen LogP contribution in [0.25, 0.3) is 0 Å². The van der Waals surface area contributed by atoms with Crippen molar-refractivity contribution in [2.75, 3.05) is 0 Å². The van der Waals surface area contributed by atoms with Crippen LogP contribution in [-0.2, 0) is 6.18 Å². The molecule has 0 bridgehead atoms. The second kappa shape index (κ2) is 4.25. The van der Waals surface area contributed by atoms with Crippen LogP contribution in [0.5, 0.6) is 0 Å². The summed E-state index contributed by atoms with van der Waals surface area (Å²) in [6.45, 7) is 4.77. The average Bonchev–Trinajstić information content (AvgIpc) is 2.15. The molecule has 1 nitrogen and oxygen atoms in total. The summed E-state index contributed by atoms with van der Waals surface area (Å²) >= 11 is 0. The topological polar surface area (TPSA) is 20.2 Å². The van der Waals surface area contributed by atoms with Crippen LogP contribution in [0.15, 0.2) is 30.4 Å². The van der Waals surface area contributed by atoms with Gasteiger partial charge in [-0.25, -0.2) is 4.39 Å². The Bertz CT molecular complexity index is 409. The van der Waals surface area contributed by atoms with E-state index in [-0.39, 0.29) is 5.57 Å². The number of aliphatic hydroxyl groups is 1. The first kappa shape index (κ1) is 12.7. The zero-order valence-corrected chi connectivity index (χ0v) is 8.48. The minimum absolute atomic E-state index is 0.179. The van der Waals surface area contributed by atoms with E-state index in [1.165, 1.54) is 6.92 Å². The van der Waals surface area contributed by atoms with Gasteiger partial charge in [-0.15, -0.1) is 0 Å². The lowest BCUT2D eigenvalue weighted by Crippen LogP contribution is -2.09. The monoisotopic (exact) mass is 234 g/mol. The number of hydrogen-bond donors (Lipinski definition) is 1. The molecule has 1 aromatic carbocycles. The fraction of sp³-hybridized carbons (Fsp3) is 0.273. The summed E-state index contributed by atoms with van der Waals surface area (Å²) in [5.74, 6) is -0.886. The highest BCUT2D eigenvalue weighted by Gasteiger charge is 2.31. The Hall–Kier alpha value is -1.36. The van der Waals surface area contributed by atoms with Gasteiger partial charge in [-0.05, 0) is 30.7 Å². The number of rotatable bonds is 2. The first-order valence-corrected chi connectivity index (χ1v) is 4.43. The van der Waals surface area contributed by atoms with Gasteiger partial charge in [-0.2, -0.15) is 13.2 Å². The lowest BCUT2D eigenvalue weighted by molar-refractivity contribution is -0.137. The normalized spacial score (nSPS) is 13.6. The number of hydrogen-bond acceptors (Lipinski definition) is 1. The minimum atomic E-state index is -4.56. The number of benzene rings is 1. The van der Waals surface area contributed by atoms with Gasteiger partial charge in [0, 0.05) is 5.56 Å². The quantitative estimate of drug-likeness (QED) is 0.613. The van der Waals surface area contributed by atoms with E-state index in [9.17, 15) is 22.7 Å². The molecule has 0 radical (unpaired) electrons. The van der Waals surface area contributed by atoms with Crippen LogP contribution in [0.4, 0.5) is 17.6 Å². The molecule has 16 heavy (non-hydrogen) atoms. The zero-order chi connectivity index (χ0) is 12.5. The molecule has 0 amide bonds. The molecule has 1 rings (SSSR count). The van der Waals surface area contributed by atoms with Crippen molar-refractivity contribution in [3.8, 4) is 0 Å². The first-order chi connectivity index (χ1) is 7.23. The lowest BCUT2D eigenvalue weighted by atomic mass is 10.0. The Morgan fingerprint density at radius 2 is 1.94 bits per heavy atom. The van der Waals surface area contributed by atoms with E-state index in [1.807, 2.05) is 0 Å². The highest BCUT2D eigenvalue weighted by atomic mass is 19.4. The predicted molar refractivity (Wildman–Crippen MR) is 51.2 cm³/mol. The van der Waals surface area contributed by atoms with Gasteiger partial charge in [0.1, 0.15) is 11.9 Å². The number of aliphatic hydroxyl groups excluding tert-OH is 1. The van der Waals surface area contributed by atoms with Crippen LogP contribution < -0.4 is 0 Å². The molecule has 0 saturated heterocycles. The second-order valence-corrected chi connectivity index (χ2v) is 3.48. The summed E-state index contributed by atoms with van der Waals surface area (Å²) in [7, 11) is 0. The van der Waals surface area contributed by atoms with Gasteiger partial charge in [0.05, 0.1) is 5.56 Å². The third kappa shape index (κ3) is 2.61. The summed E-state index contributed by atoms with van der Waals surface area (Å²) in [5, 5.41) is 9.46. The largest absolute Gasteiger partial charge is 0.416 e. The van der Waals surface area contributed by atoms with Crippen molar-refractivity contribution in [2.45, 2.75) is 19.2 Å². The molecule has 88 valence electrons.